The Bertz CT molecular complexity index is 793. The molecular weight excluding hydrogens is 356 g/mol. The van der Waals surface area contributed by atoms with Gasteiger partial charge in [-0.1, -0.05) is 72.8 Å². The molecule has 1 aliphatic heterocycles. The van der Waals surface area contributed by atoms with Gasteiger partial charge in [0.15, 0.2) is 0 Å². The highest BCUT2D eigenvalue weighted by Crippen LogP contribution is 2.09. The molecule has 1 heterocycles. The second kappa shape index (κ2) is 10.2. The third kappa shape index (κ3) is 6.16. The highest BCUT2D eigenvalue weighted by Gasteiger charge is 2.22. The molecule has 6 nitrogen and oxygen atoms in total. The van der Waals surface area contributed by atoms with Crippen molar-refractivity contribution in [1.82, 2.24) is 10.2 Å². The van der Waals surface area contributed by atoms with Gasteiger partial charge in [-0.05, 0) is 17.5 Å². The fourth-order valence-corrected chi connectivity index (χ4v) is 2.87. The highest BCUT2D eigenvalue weighted by atomic mass is 16.6. The minimum atomic E-state index is -0.498. The molecule has 0 saturated carbocycles. The van der Waals surface area contributed by atoms with Crippen LogP contribution in [0.2, 0.25) is 0 Å². The molecular formula is C22H24N2O4. The van der Waals surface area contributed by atoms with E-state index in [-0.39, 0.29) is 19.3 Å². The van der Waals surface area contributed by atoms with Gasteiger partial charge in [0, 0.05) is 13.1 Å². The van der Waals surface area contributed by atoms with Gasteiger partial charge in [-0.15, -0.1) is 0 Å². The molecule has 2 aromatic carbocycles. The number of hydrogen-bond acceptors (Lipinski definition) is 4. The molecule has 0 fully saturated rings. The summed E-state index contributed by atoms with van der Waals surface area (Å²) in [5.41, 5.74) is 1.85. The van der Waals surface area contributed by atoms with E-state index in [4.69, 9.17) is 9.47 Å². The third-order valence-corrected chi connectivity index (χ3v) is 4.35. The highest BCUT2D eigenvalue weighted by molar-refractivity contribution is 5.69. The fraction of sp³-hybridized carbons (Fsp3) is 0.273. The summed E-state index contributed by atoms with van der Waals surface area (Å²) in [6.45, 7) is 1.24. The molecule has 146 valence electrons. The van der Waals surface area contributed by atoms with E-state index in [1.54, 1.807) is 4.90 Å². The Kier molecular flexibility index (Phi) is 7.07. The lowest BCUT2D eigenvalue weighted by atomic mass is 10.2. The lowest BCUT2D eigenvalue weighted by Gasteiger charge is -2.24. The average Bonchev–Trinajstić information content (AvgIpc) is 2.97. The van der Waals surface area contributed by atoms with Crippen LogP contribution in [0.5, 0.6) is 0 Å². The van der Waals surface area contributed by atoms with Crippen molar-refractivity contribution in [3.05, 3.63) is 83.9 Å². The normalized spacial score (nSPS) is 16.1. The lowest BCUT2D eigenvalue weighted by Crippen LogP contribution is -2.45. The molecule has 3 rings (SSSR count). The van der Waals surface area contributed by atoms with E-state index in [0.29, 0.717) is 19.5 Å². The summed E-state index contributed by atoms with van der Waals surface area (Å²) in [4.78, 5) is 26.1. The SMILES string of the molecule is O=C(NC1CC=CCN(C(=O)OCc2ccccc2)C1)OCc1ccccc1. The smallest absolute Gasteiger partial charge is 0.410 e. The molecule has 1 aliphatic rings. The zero-order valence-electron chi connectivity index (χ0n) is 15.6. The van der Waals surface area contributed by atoms with Crippen molar-refractivity contribution in [3.63, 3.8) is 0 Å². The Balaban J connectivity index is 1.46. The predicted octanol–water partition coefficient (Wildman–Crippen LogP) is 3.88. The Morgan fingerprint density at radius 3 is 2.14 bits per heavy atom. The Labute approximate surface area is 164 Å². The molecule has 28 heavy (non-hydrogen) atoms. The molecule has 6 heteroatoms. The van der Waals surface area contributed by atoms with Crippen LogP contribution in [0.3, 0.4) is 0 Å². The van der Waals surface area contributed by atoms with Gasteiger partial charge in [-0.3, -0.25) is 0 Å². The number of rotatable bonds is 5. The quantitative estimate of drug-likeness (QED) is 0.800. The van der Waals surface area contributed by atoms with Crippen molar-refractivity contribution in [2.45, 2.75) is 25.7 Å². The number of nitrogens with one attached hydrogen (secondary N) is 1. The molecule has 1 unspecified atom stereocenters. The number of hydrogen-bond donors (Lipinski definition) is 1. The largest absolute Gasteiger partial charge is 0.445 e. The van der Waals surface area contributed by atoms with Gasteiger partial charge >= 0.3 is 12.2 Å². The van der Waals surface area contributed by atoms with Crippen molar-refractivity contribution in [3.8, 4) is 0 Å². The van der Waals surface area contributed by atoms with Gasteiger partial charge in [0.05, 0.1) is 6.04 Å². The molecule has 1 N–H and O–H groups in total. The number of carbonyl (C=O) groups excluding carboxylic acids is 2. The maximum atomic E-state index is 12.4. The molecule has 1 atom stereocenters. The minimum absolute atomic E-state index is 0.206. The van der Waals surface area contributed by atoms with Gasteiger partial charge in [-0.25, -0.2) is 9.59 Å². The number of ether oxygens (including phenoxy) is 2. The van der Waals surface area contributed by atoms with Crippen molar-refractivity contribution in [2.75, 3.05) is 13.1 Å². The van der Waals surface area contributed by atoms with Crippen molar-refractivity contribution >= 4 is 12.2 Å². The number of alkyl carbamates (subject to hydrolysis) is 1. The molecule has 0 radical (unpaired) electrons. The van der Waals surface area contributed by atoms with Gasteiger partial charge in [0.1, 0.15) is 13.2 Å². The monoisotopic (exact) mass is 380 g/mol. The summed E-state index contributed by atoms with van der Waals surface area (Å²) >= 11 is 0. The molecule has 2 amide bonds. The van der Waals surface area contributed by atoms with Crippen LogP contribution >= 0.6 is 0 Å². The van der Waals surface area contributed by atoms with Crippen LogP contribution < -0.4 is 5.32 Å². The number of amides is 2. The Morgan fingerprint density at radius 1 is 0.893 bits per heavy atom. The second-order valence-electron chi connectivity index (χ2n) is 6.56. The van der Waals surface area contributed by atoms with Crippen LogP contribution in [0.1, 0.15) is 17.5 Å². The van der Waals surface area contributed by atoms with Crippen molar-refractivity contribution in [2.24, 2.45) is 0 Å². The summed E-state index contributed by atoms with van der Waals surface area (Å²) in [5, 5.41) is 2.83. The van der Waals surface area contributed by atoms with Crippen LogP contribution in [-0.4, -0.2) is 36.2 Å². The Hall–Kier alpha value is -3.28. The molecule has 0 bridgehead atoms. The summed E-state index contributed by atoms with van der Waals surface area (Å²) in [6.07, 6.45) is 3.58. The van der Waals surface area contributed by atoms with Gasteiger partial charge in [0.2, 0.25) is 0 Å². The average molecular weight is 380 g/mol. The van der Waals surface area contributed by atoms with Gasteiger partial charge < -0.3 is 19.7 Å². The van der Waals surface area contributed by atoms with Crippen LogP contribution in [0.25, 0.3) is 0 Å². The van der Waals surface area contributed by atoms with E-state index < -0.39 is 12.2 Å². The summed E-state index contributed by atoms with van der Waals surface area (Å²) in [5.74, 6) is 0. The zero-order valence-corrected chi connectivity index (χ0v) is 15.6. The van der Waals surface area contributed by atoms with Crippen LogP contribution in [0.15, 0.2) is 72.8 Å². The van der Waals surface area contributed by atoms with E-state index in [2.05, 4.69) is 5.32 Å². The summed E-state index contributed by atoms with van der Waals surface area (Å²) in [6, 6.07) is 18.8. The molecule has 0 saturated heterocycles. The first-order valence-electron chi connectivity index (χ1n) is 9.28. The number of nitrogens with zero attached hydrogens (tertiary/aromatic N) is 1. The third-order valence-electron chi connectivity index (χ3n) is 4.35. The van der Waals surface area contributed by atoms with Crippen LogP contribution in [-0.2, 0) is 22.7 Å². The summed E-state index contributed by atoms with van der Waals surface area (Å²) < 4.78 is 10.7. The van der Waals surface area contributed by atoms with Gasteiger partial charge in [-0.2, -0.15) is 0 Å². The maximum absolute atomic E-state index is 12.4. The zero-order chi connectivity index (χ0) is 19.6. The topological polar surface area (TPSA) is 67.9 Å². The first-order chi connectivity index (χ1) is 13.7. The van der Waals surface area contributed by atoms with Gasteiger partial charge in [0.25, 0.3) is 0 Å². The fourth-order valence-electron chi connectivity index (χ4n) is 2.87. The van der Waals surface area contributed by atoms with E-state index in [1.165, 1.54) is 0 Å². The molecule has 0 aliphatic carbocycles. The summed E-state index contributed by atoms with van der Waals surface area (Å²) in [7, 11) is 0. The molecule has 2 aromatic rings. The van der Waals surface area contributed by atoms with E-state index >= 15 is 0 Å². The maximum Gasteiger partial charge on any atom is 0.410 e. The van der Waals surface area contributed by atoms with Crippen molar-refractivity contribution < 1.29 is 19.1 Å². The molecule has 0 aromatic heterocycles. The van der Waals surface area contributed by atoms with Crippen LogP contribution in [0, 0.1) is 0 Å². The predicted molar refractivity (Wildman–Crippen MR) is 106 cm³/mol. The van der Waals surface area contributed by atoms with Crippen LogP contribution in [0.4, 0.5) is 9.59 Å². The first kappa shape index (κ1) is 19.5. The standard InChI is InChI=1S/C22H24N2O4/c25-21(27-16-18-9-3-1-4-10-18)23-20-13-7-8-14-24(15-20)22(26)28-17-19-11-5-2-6-12-19/h1-12,20H,13-17H2,(H,23,25). The Morgan fingerprint density at radius 2 is 1.50 bits per heavy atom. The second-order valence-corrected chi connectivity index (χ2v) is 6.56. The number of benzene rings is 2. The van der Waals surface area contributed by atoms with E-state index in [0.717, 1.165) is 11.1 Å². The lowest BCUT2D eigenvalue weighted by molar-refractivity contribution is 0.0950. The van der Waals surface area contributed by atoms with E-state index in [1.807, 2.05) is 72.8 Å². The minimum Gasteiger partial charge on any atom is -0.445 e. The van der Waals surface area contributed by atoms with Crippen molar-refractivity contribution in [1.29, 1.82) is 0 Å². The van der Waals surface area contributed by atoms with E-state index in [9.17, 15) is 9.59 Å². The molecule has 0 spiro atoms. The first-order valence-corrected chi connectivity index (χ1v) is 9.28. The number of carbonyl (C=O) groups is 2.